The first-order valence-corrected chi connectivity index (χ1v) is 9.46. The average molecular weight is 373 g/mol. The van der Waals surface area contributed by atoms with Gasteiger partial charge in [0.2, 0.25) is 0 Å². The van der Waals surface area contributed by atoms with Crippen molar-refractivity contribution >= 4 is 17.3 Å². The molecule has 5 nitrogen and oxygen atoms in total. The van der Waals surface area contributed by atoms with Gasteiger partial charge in [-0.1, -0.05) is 30.3 Å². The van der Waals surface area contributed by atoms with Gasteiger partial charge in [0.15, 0.2) is 0 Å². The number of ether oxygens (including phenoxy) is 1. The zero-order valence-corrected chi connectivity index (χ0v) is 15.9. The highest BCUT2D eigenvalue weighted by Crippen LogP contribution is 2.29. The molecule has 1 N–H and O–H groups in total. The van der Waals surface area contributed by atoms with Crippen molar-refractivity contribution in [2.24, 2.45) is 0 Å². The van der Waals surface area contributed by atoms with Crippen molar-refractivity contribution in [1.82, 2.24) is 4.98 Å². The van der Waals surface area contributed by atoms with E-state index in [2.05, 4.69) is 22.4 Å². The molecule has 1 aliphatic rings. The Labute approximate surface area is 165 Å². The van der Waals surface area contributed by atoms with Crippen LogP contribution in [0, 0.1) is 0 Å². The molecular weight excluding hydrogens is 350 g/mol. The van der Waals surface area contributed by atoms with Crippen LogP contribution in [0.3, 0.4) is 0 Å². The molecule has 0 saturated heterocycles. The SMILES string of the molecule is COc1cccc(CCNc2cncc(C(=O)N3CCc4ccccc43)c2)c1. The number of anilines is 2. The molecule has 3 aromatic rings. The van der Waals surface area contributed by atoms with Gasteiger partial charge in [-0.25, -0.2) is 0 Å². The van der Waals surface area contributed by atoms with Crippen molar-refractivity contribution in [2.45, 2.75) is 12.8 Å². The molecule has 142 valence electrons. The maximum absolute atomic E-state index is 13.0. The predicted octanol–water partition coefficient (Wildman–Crippen LogP) is 3.95. The molecule has 28 heavy (non-hydrogen) atoms. The number of rotatable bonds is 6. The highest BCUT2D eigenvalue weighted by molar-refractivity contribution is 6.07. The number of amides is 1. The molecule has 1 aromatic heterocycles. The van der Waals surface area contributed by atoms with Crippen LogP contribution in [0.4, 0.5) is 11.4 Å². The van der Waals surface area contributed by atoms with Crippen LogP contribution in [0.2, 0.25) is 0 Å². The number of pyridine rings is 1. The number of para-hydroxylation sites is 1. The van der Waals surface area contributed by atoms with Crippen molar-refractivity contribution in [3.8, 4) is 5.75 Å². The van der Waals surface area contributed by atoms with Crippen LogP contribution in [0.15, 0.2) is 67.0 Å². The van der Waals surface area contributed by atoms with Crippen LogP contribution in [0.1, 0.15) is 21.5 Å². The minimum Gasteiger partial charge on any atom is -0.497 e. The van der Waals surface area contributed by atoms with E-state index < -0.39 is 0 Å². The molecule has 0 atom stereocenters. The topological polar surface area (TPSA) is 54.5 Å². The molecule has 1 aliphatic heterocycles. The minimum atomic E-state index is -0.00565. The number of hydrogen-bond donors (Lipinski definition) is 1. The van der Waals surface area contributed by atoms with E-state index in [-0.39, 0.29) is 5.91 Å². The van der Waals surface area contributed by atoms with E-state index in [9.17, 15) is 4.79 Å². The number of aromatic nitrogens is 1. The van der Waals surface area contributed by atoms with Crippen LogP contribution in [-0.2, 0) is 12.8 Å². The summed E-state index contributed by atoms with van der Waals surface area (Å²) < 4.78 is 5.26. The largest absolute Gasteiger partial charge is 0.497 e. The molecule has 0 saturated carbocycles. The van der Waals surface area contributed by atoms with E-state index in [0.717, 1.165) is 36.5 Å². The fourth-order valence-electron chi connectivity index (χ4n) is 3.54. The zero-order valence-electron chi connectivity index (χ0n) is 15.9. The summed E-state index contributed by atoms with van der Waals surface area (Å²) in [6, 6.07) is 18.0. The lowest BCUT2D eigenvalue weighted by Crippen LogP contribution is -2.29. The van der Waals surface area contributed by atoms with E-state index in [4.69, 9.17) is 4.74 Å². The van der Waals surface area contributed by atoms with Gasteiger partial charge in [-0.15, -0.1) is 0 Å². The summed E-state index contributed by atoms with van der Waals surface area (Å²) in [5, 5.41) is 3.36. The maximum Gasteiger partial charge on any atom is 0.259 e. The predicted molar refractivity (Wildman–Crippen MR) is 111 cm³/mol. The van der Waals surface area contributed by atoms with Crippen molar-refractivity contribution in [3.05, 3.63) is 83.7 Å². The Kier molecular flexibility index (Phi) is 5.24. The second-order valence-electron chi connectivity index (χ2n) is 6.83. The molecule has 4 rings (SSSR count). The van der Waals surface area contributed by atoms with E-state index in [0.29, 0.717) is 12.1 Å². The van der Waals surface area contributed by atoms with Crippen molar-refractivity contribution in [3.63, 3.8) is 0 Å². The van der Waals surface area contributed by atoms with Gasteiger partial charge in [0.05, 0.1) is 18.4 Å². The number of fused-ring (bicyclic) bond motifs is 1. The summed E-state index contributed by atoms with van der Waals surface area (Å²) in [5.74, 6) is 0.853. The zero-order chi connectivity index (χ0) is 19.3. The molecule has 2 heterocycles. The van der Waals surface area contributed by atoms with E-state index >= 15 is 0 Å². The Morgan fingerprint density at radius 2 is 2.04 bits per heavy atom. The molecule has 1 amide bonds. The Morgan fingerprint density at radius 3 is 2.93 bits per heavy atom. The van der Waals surface area contributed by atoms with Gasteiger partial charge in [-0.2, -0.15) is 0 Å². The number of hydrogen-bond acceptors (Lipinski definition) is 4. The van der Waals surface area contributed by atoms with E-state index in [1.807, 2.05) is 47.4 Å². The number of nitrogens with zero attached hydrogens (tertiary/aromatic N) is 2. The maximum atomic E-state index is 13.0. The Hall–Kier alpha value is -3.34. The molecule has 0 spiro atoms. The second kappa shape index (κ2) is 8.13. The molecule has 0 bridgehead atoms. The lowest BCUT2D eigenvalue weighted by atomic mass is 10.1. The first-order valence-electron chi connectivity index (χ1n) is 9.46. The van der Waals surface area contributed by atoms with Gasteiger partial charge in [0.25, 0.3) is 5.91 Å². The Morgan fingerprint density at radius 1 is 1.14 bits per heavy atom. The molecular formula is C23H23N3O2. The summed E-state index contributed by atoms with van der Waals surface area (Å²) >= 11 is 0. The quantitative estimate of drug-likeness (QED) is 0.711. The number of benzene rings is 2. The standard InChI is InChI=1S/C23H23N3O2/c1-28-21-7-4-5-17(13-21)9-11-25-20-14-19(15-24-16-20)23(27)26-12-10-18-6-2-3-8-22(18)26/h2-8,13-16,25H,9-12H2,1H3. The number of nitrogens with one attached hydrogen (secondary N) is 1. The second-order valence-corrected chi connectivity index (χ2v) is 6.83. The highest BCUT2D eigenvalue weighted by atomic mass is 16.5. The van der Waals surface area contributed by atoms with Crippen molar-refractivity contribution in [1.29, 1.82) is 0 Å². The average Bonchev–Trinajstić information content (AvgIpc) is 3.18. The fourth-order valence-corrected chi connectivity index (χ4v) is 3.54. The first kappa shape index (κ1) is 18.0. The van der Waals surface area contributed by atoms with Crippen LogP contribution in [0.25, 0.3) is 0 Å². The normalized spacial score (nSPS) is 12.5. The van der Waals surface area contributed by atoms with Crippen LogP contribution in [0.5, 0.6) is 5.75 Å². The van der Waals surface area contributed by atoms with Crippen LogP contribution in [-0.4, -0.2) is 31.1 Å². The van der Waals surface area contributed by atoms with Gasteiger partial charge in [-0.3, -0.25) is 9.78 Å². The van der Waals surface area contributed by atoms with Gasteiger partial charge in [-0.05, 0) is 48.2 Å². The molecule has 0 aliphatic carbocycles. The van der Waals surface area contributed by atoms with Gasteiger partial charge in [0.1, 0.15) is 5.75 Å². The van der Waals surface area contributed by atoms with Gasteiger partial charge < -0.3 is 15.0 Å². The third-order valence-electron chi connectivity index (χ3n) is 4.99. The molecule has 0 radical (unpaired) electrons. The van der Waals surface area contributed by atoms with Crippen LogP contribution < -0.4 is 15.0 Å². The van der Waals surface area contributed by atoms with E-state index in [1.165, 1.54) is 11.1 Å². The molecule has 5 heteroatoms. The van der Waals surface area contributed by atoms with E-state index in [1.54, 1.807) is 19.5 Å². The number of carbonyl (C=O) groups is 1. The number of carbonyl (C=O) groups excluding carboxylic acids is 1. The summed E-state index contributed by atoms with van der Waals surface area (Å²) in [6.45, 7) is 1.46. The Balaban J connectivity index is 1.41. The summed E-state index contributed by atoms with van der Waals surface area (Å²) in [7, 11) is 1.67. The smallest absolute Gasteiger partial charge is 0.259 e. The number of methoxy groups -OCH3 is 1. The third-order valence-corrected chi connectivity index (χ3v) is 4.99. The highest BCUT2D eigenvalue weighted by Gasteiger charge is 2.25. The van der Waals surface area contributed by atoms with Crippen molar-refractivity contribution in [2.75, 3.05) is 30.4 Å². The fraction of sp³-hybridized carbons (Fsp3) is 0.217. The van der Waals surface area contributed by atoms with Gasteiger partial charge in [0, 0.05) is 31.2 Å². The van der Waals surface area contributed by atoms with Crippen LogP contribution >= 0.6 is 0 Å². The Bertz CT molecular complexity index is 987. The summed E-state index contributed by atoms with van der Waals surface area (Å²) in [5.41, 5.74) is 4.87. The lowest BCUT2D eigenvalue weighted by Gasteiger charge is -2.17. The lowest BCUT2D eigenvalue weighted by molar-refractivity contribution is 0.0989. The molecule has 0 fully saturated rings. The monoisotopic (exact) mass is 373 g/mol. The molecule has 0 unspecified atom stereocenters. The first-order chi connectivity index (χ1) is 13.7. The summed E-state index contributed by atoms with van der Waals surface area (Å²) in [4.78, 5) is 19.1. The minimum absolute atomic E-state index is 0.00565. The van der Waals surface area contributed by atoms with Crippen molar-refractivity contribution < 1.29 is 9.53 Å². The summed E-state index contributed by atoms with van der Waals surface area (Å²) in [6.07, 6.45) is 5.14. The third kappa shape index (κ3) is 3.83. The molecule has 2 aromatic carbocycles. The van der Waals surface area contributed by atoms with Gasteiger partial charge >= 0.3 is 0 Å².